The lowest BCUT2D eigenvalue weighted by molar-refractivity contribution is -0.127. The Morgan fingerprint density at radius 1 is 1.25 bits per heavy atom. The van der Waals surface area contributed by atoms with Crippen molar-refractivity contribution in [2.75, 3.05) is 19.0 Å². The largest absolute Gasteiger partial charge is 0.493 e. The first-order valence-corrected chi connectivity index (χ1v) is 10.3. The van der Waals surface area contributed by atoms with Gasteiger partial charge < -0.3 is 20.1 Å². The molecular weight excluding hydrogens is 434 g/mol. The smallest absolute Gasteiger partial charge is 0.329 e. The lowest BCUT2D eigenvalue weighted by atomic mass is 10.1. The second-order valence-electron chi connectivity index (χ2n) is 7.50. The normalized spacial score (nSPS) is 14.7. The molecule has 32 heavy (non-hydrogen) atoms. The van der Waals surface area contributed by atoms with Crippen LogP contribution in [0.3, 0.4) is 0 Å². The minimum atomic E-state index is -0.682. The molecule has 0 aromatic heterocycles. The molecule has 0 bridgehead atoms. The summed E-state index contributed by atoms with van der Waals surface area (Å²) < 4.78 is 11.0. The summed E-state index contributed by atoms with van der Waals surface area (Å²) >= 11 is 6.32. The molecule has 0 radical (unpaired) electrons. The van der Waals surface area contributed by atoms with Gasteiger partial charge in [0.25, 0.3) is 5.91 Å². The van der Waals surface area contributed by atoms with Crippen LogP contribution in [0.15, 0.2) is 42.1 Å². The first-order valence-electron chi connectivity index (χ1n) is 9.93. The molecule has 0 unspecified atom stereocenters. The van der Waals surface area contributed by atoms with E-state index in [9.17, 15) is 14.4 Å². The van der Waals surface area contributed by atoms with Crippen molar-refractivity contribution >= 4 is 41.2 Å². The highest BCUT2D eigenvalue weighted by atomic mass is 35.5. The van der Waals surface area contributed by atoms with Crippen LogP contribution >= 0.6 is 11.6 Å². The molecule has 1 aliphatic heterocycles. The number of amides is 4. The number of anilines is 1. The molecule has 1 saturated heterocycles. The predicted octanol–water partition coefficient (Wildman–Crippen LogP) is 3.98. The van der Waals surface area contributed by atoms with Gasteiger partial charge in [-0.05, 0) is 62.2 Å². The molecule has 3 rings (SSSR count). The first kappa shape index (κ1) is 23.1. The topological polar surface area (TPSA) is 97.0 Å². The van der Waals surface area contributed by atoms with E-state index < -0.39 is 24.4 Å². The highest BCUT2D eigenvalue weighted by molar-refractivity contribution is 6.32. The van der Waals surface area contributed by atoms with Gasteiger partial charge in [0.15, 0.2) is 11.5 Å². The third-order valence-electron chi connectivity index (χ3n) is 4.48. The van der Waals surface area contributed by atoms with Crippen LogP contribution in [0.25, 0.3) is 6.08 Å². The number of halogens is 1. The van der Waals surface area contributed by atoms with Crippen molar-refractivity contribution in [1.82, 2.24) is 10.2 Å². The standard InChI is InChI=1S/C23H24ClN3O5/c1-13(2)32-21-17(24)9-15(11-19(21)31-4)10-18-22(29)27(23(30)26-18)12-20(28)25-16-7-5-6-14(3)8-16/h5-11,13H,12H2,1-4H3,(H,25,28)(H,26,30). The van der Waals surface area contributed by atoms with Crippen molar-refractivity contribution in [1.29, 1.82) is 0 Å². The summed E-state index contributed by atoms with van der Waals surface area (Å²) in [6.45, 7) is 5.21. The Kier molecular flexibility index (Phi) is 7.05. The number of hydrogen-bond acceptors (Lipinski definition) is 5. The van der Waals surface area contributed by atoms with Crippen LogP contribution in [0.1, 0.15) is 25.0 Å². The Labute approximate surface area is 191 Å². The minimum Gasteiger partial charge on any atom is -0.493 e. The number of imide groups is 1. The fourth-order valence-corrected chi connectivity index (χ4v) is 3.39. The average molecular weight is 458 g/mol. The zero-order valence-corrected chi connectivity index (χ0v) is 18.9. The molecule has 0 spiro atoms. The summed E-state index contributed by atoms with van der Waals surface area (Å²) in [5.74, 6) is -0.320. The van der Waals surface area contributed by atoms with Gasteiger partial charge >= 0.3 is 6.03 Å². The van der Waals surface area contributed by atoms with E-state index in [0.29, 0.717) is 27.8 Å². The van der Waals surface area contributed by atoms with Gasteiger partial charge in [0.1, 0.15) is 12.2 Å². The lowest BCUT2D eigenvalue weighted by Gasteiger charge is -2.15. The molecule has 9 heteroatoms. The van der Waals surface area contributed by atoms with Crippen LogP contribution in [0.4, 0.5) is 10.5 Å². The molecular formula is C23H24ClN3O5. The fraction of sp³-hybridized carbons (Fsp3) is 0.261. The average Bonchev–Trinajstić information content (AvgIpc) is 2.96. The number of carbonyl (C=O) groups excluding carboxylic acids is 3. The Morgan fingerprint density at radius 2 is 2.00 bits per heavy atom. The highest BCUT2D eigenvalue weighted by Crippen LogP contribution is 2.37. The second-order valence-corrected chi connectivity index (χ2v) is 7.91. The van der Waals surface area contributed by atoms with Gasteiger partial charge in [0, 0.05) is 5.69 Å². The number of nitrogens with zero attached hydrogens (tertiary/aromatic N) is 1. The quantitative estimate of drug-likeness (QED) is 0.484. The Hall–Kier alpha value is -3.52. The molecule has 2 aromatic carbocycles. The molecule has 8 nitrogen and oxygen atoms in total. The summed E-state index contributed by atoms with van der Waals surface area (Å²) in [7, 11) is 1.48. The molecule has 0 saturated carbocycles. The summed E-state index contributed by atoms with van der Waals surface area (Å²) in [6, 6.07) is 9.77. The minimum absolute atomic E-state index is 0.0222. The summed E-state index contributed by atoms with van der Waals surface area (Å²) in [5, 5.41) is 5.47. The van der Waals surface area contributed by atoms with Gasteiger partial charge in [-0.15, -0.1) is 0 Å². The molecule has 0 atom stereocenters. The molecule has 168 valence electrons. The van der Waals surface area contributed by atoms with Crippen molar-refractivity contribution in [3.8, 4) is 11.5 Å². The Morgan fingerprint density at radius 3 is 2.66 bits per heavy atom. The number of aryl methyl sites for hydroxylation is 1. The van der Waals surface area contributed by atoms with Crippen LogP contribution in [-0.2, 0) is 9.59 Å². The van der Waals surface area contributed by atoms with E-state index >= 15 is 0 Å². The van der Waals surface area contributed by atoms with E-state index in [1.807, 2.05) is 26.8 Å². The second kappa shape index (κ2) is 9.74. The van der Waals surface area contributed by atoms with E-state index in [1.54, 1.807) is 30.3 Å². The number of rotatable bonds is 7. The van der Waals surface area contributed by atoms with Crippen LogP contribution in [0.2, 0.25) is 5.02 Å². The van der Waals surface area contributed by atoms with E-state index in [-0.39, 0.29) is 11.8 Å². The first-order chi connectivity index (χ1) is 15.2. The van der Waals surface area contributed by atoms with Crippen molar-refractivity contribution in [2.24, 2.45) is 0 Å². The van der Waals surface area contributed by atoms with Gasteiger partial charge in [-0.25, -0.2) is 9.69 Å². The molecule has 1 aliphatic rings. The third-order valence-corrected chi connectivity index (χ3v) is 4.76. The van der Waals surface area contributed by atoms with Crippen molar-refractivity contribution in [3.63, 3.8) is 0 Å². The molecule has 2 aromatic rings. The molecule has 1 heterocycles. The van der Waals surface area contributed by atoms with Crippen LogP contribution in [0, 0.1) is 6.92 Å². The van der Waals surface area contributed by atoms with Gasteiger partial charge in [-0.3, -0.25) is 9.59 Å². The molecule has 0 aliphatic carbocycles. The number of urea groups is 1. The van der Waals surface area contributed by atoms with E-state index in [0.717, 1.165) is 10.5 Å². The molecule has 4 amide bonds. The summed E-state index contributed by atoms with van der Waals surface area (Å²) in [6.07, 6.45) is 1.35. The van der Waals surface area contributed by atoms with Gasteiger partial charge in [-0.2, -0.15) is 0 Å². The van der Waals surface area contributed by atoms with Crippen LogP contribution in [0.5, 0.6) is 11.5 Å². The van der Waals surface area contributed by atoms with Gasteiger partial charge in [0.05, 0.1) is 18.2 Å². The molecule has 1 fully saturated rings. The highest BCUT2D eigenvalue weighted by Gasteiger charge is 2.35. The van der Waals surface area contributed by atoms with Gasteiger partial charge in [-0.1, -0.05) is 23.7 Å². The van der Waals surface area contributed by atoms with Crippen molar-refractivity contribution < 1.29 is 23.9 Å². The number of ether oxygens (including phenoxy) is 2. The number of methoxy groups -OCH3 is 1. The maximum Gasteiger partial charge on any atom is 0.329 e. The van der Waals surface area contributed by atoms with Crippen LogP contribution in [-0.4, -0.2) is 42.5 Å². The van der Waals surface area contributed by atoms with Crippen molar-refractivity contribution in [3.05, 3.63) is 58.2 Å². The maximum absolute atomic E-state index is 12.7. The Bertz CT molecular complexity index is 1100. The van der Waals surface area contributed by atoms with Crippen LogP contribution < -0.4 is 20.1 Å². The van der Waals surface area contributed by atoms with E-state index in [2.05, 4.69) is 10.6 Å². The predicted molar refractivity (Wildman–Crippen MR) is 122 cm³/mol. The SMILES string of the molecule is COc1cc(C=C2NC(=O)N(CC(=O)Nc3cccc(C)c3)C2=O)cc(Cl)c1OC(C)C. The third kappa shape index (κ3) is 5.39. The number of hydrogen-bond donors (Lipinski definition) is 2. The summed E-state index contributed by atoms with van der Waals surface area (Å²) in [4.78, 5) is 38.2. The zero-order chi connectivity index (χ0) is 23.4. The summed E-state index contributed by atoms with van der Waals surface area (Å²) in [5.41, 5.74) is 2.11. The van der Waals surface area contributed by atoms with E-state index in [1.165, 1.54) is 13.2 Å². The van der Waals surface area contributed by atoms with E-state index in [4.69, 9.17) is 21.1 Å². The number of nitrogens with one attached hydrogen (secondary N) is 2. The van der Waals surface area contributed by atoms with Gasteiger partial charge in [0.2, 0.25) is 5.91 Å². The lowest BCUT2D eigenvalue weighted by Crippen LogP contribution is -2.38. The monoisotopic (exact) mass is 457 g/mol. The number of carbonyl (C=O) groups is 3. The Balaban J connectivity index is 1.76. The van der Waals surface area contributed by atoms with Crippen molar-refractivity contribution in [2.45, 2.75) is 26.9 Å². The number of benzene rings is 2. The fourth-order valence-electron chi connectivity index (χ4n) is 3.12. The molecule has 2 N–H and O–H groups in total. The zero-order valence-electron chi connectivity index (χ0n) is 18.2. The maximum atomic E-state index is 12.7.